The van der Waals surface area contributed by atoms with Crippen LogP contribution in [0.3, 0.4) is 0 Å². The summed E-state index contributed by atoms with van der Waals surface area (Å²) in [4.78, 5) is 36.8. The maximum Gasteiger partial charge on any atom is 0.310 e. The largest absolute Gasteiger partial charge is 0.481 e. The second-order valence-electron chi connectivity index (χ2n) is 6.06. The maximum atomic E-state index is 12.1. The summed E-state index contributed by atoms with van der Waals surface area (Å²) in [6.45, 7) is 0. The summed E-state index contributed by atoms with van der Waals surface area (Å²) in [5.74, 6) is -1.58. The number of hydrogen-bond acceptors (Lipinski definition) is 3. The van der Waals surface area contributed by atoms with Gasteiger partial charge in [0.05, 0.1) is 16.0 Å². The summed E-state index contributed by atoms with van der Waals surface area (Å²) in [6, 6.07) is 4.61. The van der Waals surface area contributed by atoms with Crippen molar-refractivity contribution in [2.45, 2.75) is 25.7 Å². The molecule has 2 rings (SSSR count). The molecule has 1 aromatic carbocycles. The van der Waals surface area contributed by atoms with Crippen LogP contribution in [0.15, 0.2) is 18.2 Å². The molecule has 1 aliphatic carbocycles. The molecule has 2 N–H and O–H groups in total. The highest BCUT2D eigenvalue weighted by atomic mass is 35.5. The third-order valence-corrected chi connectivity index (χ3v) is 4.48. The number of anilines is 1. The van der Waals surface area contributed by atoms with E-state index in [1.54, 1.807) is 20.2 Å². The molecule has 1 fully saturated rings. The lowest BCUT2D eigenvalue weighted by Crippen LogP contribution is -2.41. The molecule has 124 valence electrons. The van der Waals surface area contributed by atoms with Gasteiger partial charge in [-0.3, -0.25) is 14.4 Å². The zero-order valence-corrected chi connectivity index (χ0v) is 13.8. The van der Waals surface area contributed by atoms with Gasteiger partial charge in [-0.25, -0.2) is 0 Å². The molecule has 0 atom stereocenters. The maximum absolute atomic E-state index is 12.1. The normalized spacial score (nSPS) is 15.4. The van der Waals surface area contributed by atoms with E-state index in [4.69, 9.17) is 11.6 Å². The molecule has 23 heavy (non-hydrogen) atoms. The molecule has 0 saturated heterocycles. The van der Waals surface area contributed by atoms with E-state index in [1.165, 1.54) is 17.0 Å². The van der Waals surface area contributed by atoms with Gasteiger partial charge in [0, 0.05) is 26.2 Å². The Bertz CT molecular complexity index is 653. The van der Waals surface area contributed by atoms with Crippen molar-refractivity contribution in [1.29, 1.82) is 0 Å². The molecule has 0 radical (unpaired) electrons. The fraction of sp³-hybridized carbons (Fsp3) is 0.438. The van der Waals surface area contributed by atoms with Gasteiger partial charge < -0.3 is 15.3 Å². The summed E-state index contributed by atoms with van der Waals surface area (Å²) in [5.41, 5.74) is -0.241. The van der Waals surface area contributed by atoms with Gasteiger partial charge >= 0.3 is 5.97 Å². The lowest BCUT2D eigenvalue weighted by molar-refractivity contribution is -0.157. The third kappa shape index (κ3) is 3.64. The van der Waals surface area contributed by atoms with Gasteiger partial charge in [-0.05, 0) is 31.0 Å². The monoisotopic (exact) mass is 338 g/mol. The van der Waals surface area contributed by atoms with Crippen LogP contribution in [-0.4, -0.2) is 41.9 Å². The summed E-state index contributed by atoms with van der Waals surface area (Å²) in [6.07, 6.45) is 1.78. The van der Waals surface area contributed by atoms with Crippen molar-refractivity contribution >= 4 is 35.1 Å². The molecule has 0 bridgehead atoms. The number of benzene rings is 1. The van der Waals surface area contributed by atoms with Crippen LogP contribution >= 0.6 is 11.6 Å². The summed E-state index contributed by atoms with van der Waals surface area (Å²) < 4.78 is 0. The van der Waals surface area contributed by atoms with E-state index < -0.39 is 11.4 Å². The Morgan fingerprint density at radius 3 is 2.43 bits per heavy atom. The van der Waals surface area contributed by atoms with E-state index in [-0.39, 0.29) is 23.8 Å². The van der Waals surface area contributed by atoms with Gasteiger partial charge in [0.25, 0.3) is 5.91 Å². The minimum atomic E-state index is -0.946. The second-order valence-corrected chi connectivity index (χ2v) is 6.47. The Morgan fingerprint density at radius 1 is 1.30 bits per heavy atom. The van der Waals surface area contributed by atoms with Crippen molar-refractivity contribution in [3.8, 4) is 0 Å². The fourth-order valence-corrected chi connectivity index (χ4v) is 2.79. The molecule has 1 saturated carbocycles. The van der Waals surface area contributed by atoms with Crippen LogP contribution in [0, 0.1) is 5.41 Å². The Hall–Kier alpha value is -2.08. The third-order valence-electron chi connectivity index (χ3n) is 4.15. The molecule has 0 aromatic heterocycles. The first-order valence-corrected chi connectivity index (χ1v) is 7.67. The number of carbonyl (C=O) groups excluding carboxylic acids is 2. The quantitative estimate of drug-likeness (QED) is 0.864. The molecule has 0 aliphatic heterocycles. The Morgan fingerprint density at radius 2 is 1.96 bits per heavy atom. The summed E-state index contributed by atoms with van der Waals surface area (Å²) >= 11 is 6.01. The van der Waals surface area contributed by atoms with Crippen molar-refractivity contribution < 1.29 is 19.5 Å². The molecule has 6 nitrogen and oxygen atoms in total. The van der Waals surface area contributed by atoms with E-state index in [0.717, 1.165) is 6.42 Å². The standard InChI is InChI=1S/C16H19ClN2O4/c1-19(2)14(21)11-8-10(4-5-12(11)17)18-13(20)9-16(15(22)23)6-3-7-16/h4-5,8H,3,6-7,9H2,1-2H3,(H,18,20)(H,22,23). The van der Waals surface area contributed by atoms with Crippen molar-refractivity contribution in [3.63, 3.8) is 0 Å². The number of nitrogens with zero attached hydrogens (tertiary/aromatic N) is 1. The van der Waals surface area contributed by atoms with Gasteiger partial charge in [-0.15, -0.1) is 0 Å². The average Bonchev–Trinajstić information content (AvgIpc) is 2.43. The molecular weight excluding hydrogens is 320 g/mol. The molecule has 2 amide bonds. The number of amides is 2. The minimum absolute atomic E-state index is 0.0675. The predicted octanol–water partition coefficient (Wildman–Crippen LogP) is 2.63. The van der Waals surface area contributed by atoms with Crippen LogP contribution in [0.2, 0.25) is 5.02 Å². The number of nitrogens with one attached hydrogen (secondary N) is 1. The smallest absolute Gasteiger partial charge is 0.310 e. The highest BCUT2D eigenvalue weighted by Crippen LogP contribution is 2.44. The molecular formula is C16H19ClN2O4. The van der Waals surface area contributed by atoms with Crippen LogP contribution in [0.25, 0.3) is 0 Å². The molecule has 0 spiro atoms. The van der Waals surface area contributed by atoms with Crippen LogP contribution in [0.1, 0.15) is 36.0 Å². The number of carbonyl (C=O) groups is 3. The summed E-state index contributed by atoms with van der Waals surface area (Å²) in [5, 5.41) is 12.2. The average molecular weight is 339 g/mol. The number of carboxylic acid groups (broad SMARTS) is 1. The first kappa shape index (κ1) is 17.3. The highest BCUT2D eigenvalue weighted by molar-refractivity contribution is 6.34. The number of carboxylic acids is 1. The highest BCUT2D eigenvalue weighted by Gasteiger charge is 2.45. The van der Waals surface area contributed by atoms with Crippen molar-refractivity contribution in [2.75, 3.05) is 19.4 Å². The first-order valence-electron chi connectivity index (χ1n) is 7.30. The van der Waals surface area contributed by atoms with Crippen LogP contribution < -0.4 is 5.32 Å². The van der Waals surface area contributed by atoms with E-state index in [9.17, 15) is 19.5 Å². The van der Waals surface area contributed by atoms with E-state index >= 15 is 0 Å². The Labute approximate surface area is 139 Å². The van der Waals surface area contributed by atoms with Crippen LogP contribution in [-0.2, 0) is 9.59 Å². The summed E-state index contributed by atoms with van der Waals surface area (Å²) in [7, 11) is 3.22. The molecule has 1 aromatic rings. The lowest BCUT2D eigenvalue weighted by Gasteiger charge is -2.36. The zero-order valence-electron chi connectivity index (χ0n) is 13.1. The zero-order chi connectivity index (χ0) is 17.2. The number of rotatable bonds is 5. The van der Waals surface area contributed by atoms with Crippen molar-refractivity contribution in [3.05, 3.63) is 28.8 Å². The van der Waals surface area contributed by atoms with Crippen LogP contribution in [0.5, 0.6) is 0 Å². The second kappa shape index (κ2) is 6.58. The van der Waals surface area contributed by atoms with Gasteiger partial charge in [-0.1, -0.05) is 18.0 Å². The van der Waals surface area contributed by atoms with E-state index in [0.29, 0.717) is 23.6 Å². The molecule has 1 aliphatic rings. The number of hydrogen-bond donors (Lipinski definition) is 2. The number of halogens is 1. The minimum Gasteiger partial charge on any atom is -0.481 e. The van der Waals surface area contributed by atoms with Gasteiger partial charge in [0.15, 0.2) is 0 Å². The van der Waals surface area contributed by atoms with E-state index in [1.807, 2.05) is 0 Å². The topological polar surface area (TPSA) is 86.7 Å². The SMILES string of the molecule is CN(C)C(=O)c1cc(NC(=O)CC2(C(=O)O)CCC2)ccc1Cl. The molecule has 7 heteroatoms. The van der Waals surface area contributed by atoms with Crippen molar-refractivity contribution in [2.24, 2.45) is 5.41 Å². The van der Waals surface area contributed by atoms with E-state index in [2.05, 4.69) is 5.32 Å². The predicted molar refractivity (Wildman–Crippen MR) is 86.6 cm³/mol. The van der Waals surface area contributed by atoms with Gasteiger partial charge in [0.2, 0.25) is 5.91 Å². The van der Waals surface area contributed by atoms with Crippen molar-refractivity contribution in [1.82, 2.24) is 4.90 Å². The molecule has 0 unspecified atom stereocenters. The van der Waals surface area contributed by atoms with Crippen LogP contribution in [0.4, 0.5) is 5.69 Å². The Kier molecular flexibility index (Phi) is 4.94. The molecule has 0 heterocycles. The lowest BCUT2D eigenvalue weighted by atomic mass is 9.66. The number of aliphatic carboxylic acids is 1. The fourth-order valence-electron chi connectivity index (χ4n) is 2.59. The van der Waals surface area contributed by atoms with Gasteiger partial charge in [-0.2, -0.15) is 0 Å². The Balaban J connectivity index is 2.11. The first-order chi connectivity index (χ1) is 10.7. The van der Waals surface area contributed by atoms with Gasteiger partial charge in [0.1, 0.15) is 0 Å².